The summed E-state index contributed by atoms with van der Waals surface area (Å²) in [5.41, 5.74) is 3.70. The third-order valence-corrected chi connectivity index (χ3v) is 4.94. The molecule has 3 rings (SSSR count). The lowest BCUT2D eigenvalue weighted by molar-refractivity contribution is 0.00578. The topological polar surface area (TPSA) is 36.3 Å². The Labute approximate surface area is 132 Å². The van der Waals surface area contributed by atoms with Gasteiger partial charge in [0.05, 0.1) is 23.2 Å². The van der Waals surface area contributed by atoms with Crippen LogP contribution < -0.4 is 5.46 Å². The van der Waals surface area contributed by atoms with Crippen molar-refractivity contribution >= 4 is 12.6 Å². The molecule has 1 saturated heterocycles. The van der Waals surface area contributed by atoms with Gasteiger partial charge in [0.2, 0.25) is 0 Å². The molecule has 0 bridgehead atoms. The summed E-state index contributed by atoms with van der Waals surface area (Å²) in [4.78, 5) is 4.46. The van der Waals surface area contributed by atoms with Gasteiger partial charge in [0, 0.05) is 18.3 Å². The standard InChI is InChI=1S/C17H23BN2O2/c1-12-15(19-11-20(12)6)13-7-9-14(10-8-13)18-21-16(2,3)17(4,5)22-18/h7-11H,1-6H3. The van der Waals surface area contributed by atoms with E-state index >= 15 is 0 Å². The highest BCUT2D eigenvalue weighted by Gasteiger charge is 2.51. The molecule has 1 fully saturated rings. The van der Waals surface area contributed by atoms with Crippen LogP contribution in [-0.4, -0.2) is 27.9 Å². The summed E-state index contributed by atoms with van der Waals surface area (Å²) in [5, 5.41) is 0. The van der Waals surface area contributed by atoms with E-state index in [0.717, 1.165) is 22.4 Å². The number of nitrogens with zero attached hydrogens (tertiary/aromatic N) is 2. The van der Waals surface area contributed by atoms with Gasteiger partial charge in [-0.05, 0) is 40.1 Å². The molecule has 1 aliphatic rings. The van der Waals surface area contributed by atoms with Gasteiger partial charge in [-0.25, -0.2) is 4.98 Å². The van der Waals surface area contributed by atoms with Gasteiger partial charge < -0.3 is 13.9 Å². The highest BCUT2D eigenvalue weighted by atomic mass is 16.7. The zero-order valence-corrected chi connectivity index (χ0v) is 14.2. The molecule has 0 aliphatic carbocycles. The molecular weight excluding hydrogens is 275 g/mol. The number of hydrogen-bond donors (Lipinski definition) is 0. The Morgan fingerprint density at radius 2 is 1.55 bits per heavy atom. The summed E-state index contributed by atoms with van der Waals surface area (Å²) in [5.74, 6) is 0. The van der Waals surface area contributed by atoms with Crippen molar-refractivity contribution in [1.82, 2.24) is 9.55 Å². The Morgan fingerprint density at radius 3 is 2.00 bits per heavy atom. The minimum Gasteiger partial charge on any atom is -0.399 e. The molecule has 1 aromatic heterocycles. The van der Waals surface area contributed by atoms with Crippen molar-refractivity contribution < 1.29 is 9.31 Å². The van der Waals surface area contributed by atoms with E-state index in [4.69, 9.17) is 9.31 Å². The van der Waals surface area contributed by atoms with Gasteiger partial charge in [0.25, 0.3) is 0 Å². The van der Waals surface area contributed by atoms with Crippen LogP contribution in [0.25, 0.3) is 11.3 Å². The highest BCUT2D eigenvalue weighted by molar-refractivity contribution is 6.62. The minimum atomic E-state index is -0.316. The first kappa shape index (κ1) is 15.3. The van der Waals surface area contributed by atoms with Crippen molar-refractivity contribution in [2.24, 2.45) is 7.05 Å². The predicted molar refractivity (Wildman–Crippen MR) is 89.1 cm³/mol. The second kappa shape index (κ2) is 4.96. The quantitative estimate of drug-likeness (QED) is 0.800. The molecule has 0 N–H and O–H groups in total. The molecular formula is C17H23BN2O2. The highest BCUT2D eigenvalue weighted by Crippen LogP contribution is 2.36. The third-order valence-electron chi connectivity index (χ3n) is 4.94. The number of aryl methyl sites for hydroxylation is 1. The molecule has 0 amide bonds. The van der Waals surface area contributed by atoms with Gasteiger partial charge in [-0.2, -0.15) is 0 Å². The maximum Gasteiger partial charge on any atom is 0.494 e. The average molecular weight is 298 g/mol. The zero-order valence-electron chi connectivity index (χ0n) is 14.2. The number of benzene rings is 1. The maximum absolute atomic E-state index is 6.08. The maximum atomic E-state index is 6.08. The number of imidazole rings is 1. The van der Waals surface area contributed by atoms with Gasteiger partial charge in [0.15, 0.2) is 0 Å². The first-order valence-corrected chi connectivity index (χ1v) is 7.65. The Morgan fingerprint density at radius 1 is 1.00 bits per heavy atom. The van der Waals surface area contributed by atoms with E-state index in [-0.39, 0.29) is 18.3 Å². The summed E-state index contributed by atoms with van der Waals surface area (Å²) >= 11 is 0. The van der Waals surface area contributed by atoms with Crippen LogP contribution in [0.15, 0.2) is 30.6 Å². The molecule has 1 aliphatic heterocycles. The van der Waals surface area contributed by atoms with E-state index in [1.807, 2.05) is 17.9 Å². The monoisotopic (exact) mass is 298 g/mol. The summed E-state index contributed by atoms with van der Waals surface area (Å²) in [6.45, 7) is 10.3. The Kier molecular flexibility index (Phi) is 3.46. The molecule has 4 nitrogen and oxygen atoms in total. The largest absolute Gasteiger partial charge is 0.494 e. The van der Waals surface area contributed by atoms with E-state index in [2.05, 4.69) is 63.9 Å². The van der Waals surface area contributed by atoms with Crippen molar-refractivity contribution in [2.75, 3.05) is 0 Å². The van der Waals surface area contributed by atoms with Crippen molar-refractivity contribution in [3.63, 3.8) is 0 Å². The molecule has 2 aromatic rings. The van der Waals surface area contributed by atoms with Crippen LogP contribution in [0.5, 0.6) is 0 Å². The number of rotatable bonds is 2. The van der Waals surface area contributed by atoms with Crippen LogP contribution in [0.1, 0.15) is 33.4 Å². The Bertz CT molecular complexity index is 673. The Balaban J connectivity index is 1.86. The van der Waals surface area contributed by atoms with Gasteiger partial charge in [-0.3, -0.25) is 0 Å². The van der Waals surface area contributed by atoms with Crippen molar-refractivity contribution in [2.45, 2.75) is 45.8 Å². The van der Waals surface area contributed by atoms with Crippen molar-refractivity contribution in [3.05, 3.63) is 36.3 Å². The molecule has 0 atom stereocenters. The molecule has 5 heteroatoms. The van der Waals surface area contributed by atoms with E-state index in [1.54, 1.807) is 0 Å². The van der Waals surface area contributed by atoms with Crippen LogP contribution in [0, 0.1) is 6.92 Å². The average Bonchev–Trinajstić information content (AvgIpc) is 2.88. The van der Waals surface area contributed by atoms with Crippen molar-refractivity contribution in [3.8, 4) is 11.3 Å². The summed E-state index contributed by atoms with van der Waals surface area (Å²) in [6, 6.07) is 8.28. The number of hydrogen-bond acceptors (Lipinski definition) is 3. The van der Waals surface area contributed by atoms with E-state index in [1.165, 1.54) is 0 Å². The fraction of sp³-hybridized carbons (Fsp3) is 0.471. The van der Waals surface area contributed by atoms with Crippen molar-refractivity contribution in [1.29, 1.82) is 0 Å². The lowest BCUT2D eigenvalue weighted by atomic mass is 9.79. The van der Waals surface area contributed by atoms with Gasteiger partial charge >= 0.3 is 7.12 Å². The number of aromatic nitrogens is 2. The van der Waals surface area contributed by atoms with Gasteiger partial charge in [-0.15, -0.1) is 0 Å². The summed E-state index contributed by atoms with van der Waals surface area (Å²) in [6.07, 6.45) is 1.84. The summed E-state index contributed by atoms with van der Waals surface area (Å²) < 4.78 is 14.2. The first-order valence-electron chi connectivity index (χ1n) is 7.65. The zero-order chi connectivity index (χ0) is 16.1. The fourth-order valence-electron chi connectivity index (χ4n) is 2.55. The van der Waals surface area contributed by atoms with Crippen LogP contribution in [0.4, 0.5) is 0 Å². The molecule has 0 spiro atoms. The van der Waals surface area contributed by atoms with Crippen LogP contribution in [0.2, 0.25) is 0 Å². The van der Waals surface area contributed by atoms with Gasteiger partial charge in [0.1, 0.15) is 0 Å². The molecule has 0 unspecified atom stereocenters. The lowest BCUT2D eigenvalue weighted by Crippen LogP contribution is -2.41. The molecule has 2 heterocycles. The normalized spacial score (nSPS) is 19.6. The SMILES string of the molecule is Cc1c(-c2ccc(B3OC(C)(C)C(C)(C)O3)cc2)ncn1C. The third kappa shape index (κ3) is 2.38. The Hall–Kier alpha value is -1.59. The van der Waals surface area contributed by atoms with E-state index in [9.17, 15) is 0 Å². The van der Waals surface area contributed by atoms with E-state index in [0.29, 0.717) is 0 Å². The fourth-order valence-corrected chi connectivity index (χ4v) is 2.55. The smallest absolute Gasteiger partial charge is 0.399 e. The predicted octanol–water partition coefficient (Wildman–Crippen LogP) is 2.69. The first-order chi connectivity index (χ1) is 10.2. The molecule has 22 heavy (non-hydrogen) atoms. The minimum absolute atomic E-state index is 0.312. The summed E-state index contributed by atoms with van der Waals surface area (Å²) in [7, 11) is 1.69. The van der Waals surface area contributed by atoms with E-state index < -0.39 is 0 Å². The molecule has 0 radical (unpaired) electrons. The lowest BCUT2D eigenvalue weighted by Gasteiger charge is -2.32. The van der Waals surface area contributed by atoms with Crippen LogP contribution >= 0.6 is 0 Å². The van der Waals surface area contributed by atoms with Crippen LogP contribution in [-0.2, 0) is 16.4 Å². The second-order valence-electron chi connectivity index (χ2n) is 7.00. The molecule has 1 aromatic carbocycles. The second-order valence-corrected chi connectivity index (χ2v) is 7.00. The van der Waals surface area contributed by atoms with Gasteiger partial charge in [-0.1, -0.05) is 24.3 Å². The molecule has 0 saturated carbocycles. The van der Waals surface area contributed by atoms with Crippen LogP contribution in [0.3, 0.4) is 0 Å². The molecule has 116 valence electrons.